The zero-order valence-corrected chi connectivity index (χ0v) is 8.69. The molecule has 84 valence electrons. The summed E-state index contributed by atoms with van der Waals surface area (Å²) in [7, 11) is 0. The van der Waals surface area contributed by atoms with E-state index in [-0.39, 0.29) is 11.9 Å². The zero-order chi connectivity index (χ0) is 11.6. The molecule has 5 nitrogen and oxygen atoms in total. The first kappa shape index (κ1) is 11.7. The molecule has 0 aromatic carbocycles. The lowest BCUT2D eigenvalue weighted by Gasteiger charge is -2.18. The van der Waals surface area contributed by atoms with Crippen molar-refractivity contribution in [1.29, 1.82) is 0 Å². The van der Waals surface area contributed by atoms with Crippen LogP contribution >= 0.6 is 0 Å². The van der Waals surface area contributed by atoms with Crippen molar-refractivity contribution in [3.63, 3.8) is 0 Å². The van der Waals surface area contributed by atoms with Crippen molar-refractivity contribution in [1.82, 2.24) is 5.32 Å². The second kappa shape index (κ2) is 4.44. The summed E-state index contributed by atoms with van der Waals surface area (Å²) >= 11 is 0. The molecule has 0 unspecified atom stereocenters. The van der Waals surface area contributed by atoms with E-state index in [9.17, 15) is 9.59 Å². The Hall–Kier alpha value is -1.36. The lowest BCUT2D eigenvalue weighted by molar-refractivity contribution is -0.142. The maximum atomic E-state index is 11.3. The predicted molar refractivity (Wildman–Crippen MR) is 55.1 cm³/mol. The normalized spacial score (nSPS) is 27.5. The summed E-state index contributed by atoms with van der Waals surface area (Å²) in [6, 6.07) is -0.984. The molecule has 1 amide bonds. The molecule has 0 spiro atoms. The van der Waals surface area contributed by atoms with Crippen LogP contribution in [-0.4, -0.2) is 29.1 Å². The summed E-state index contributed by atoms with van der Waals surface area (Å²) in [6.45, 7) is 5.31. The minimum Gasteiger partial charge on any atom is -0.481 e. The average Bonchev–Trinajstić information content (AvgIpc) is 2.46. The molecule has 4 N–H and O–H groups in total. The van der Waals surface area contributed by atoms with Gasteiger partial charge in [0, 0.05) is 6.04 Å². The zero-order valence-electron chi connectivity index (χ0n) is 8.69. The number of rotatable bonds is 3. The maximum absolute atomic E-state index is 11.3. The van der Waals surface area contributed by atoms with Crippen molar-refractivity contribution >= 4 is 11.9 Å². The quantitative estimate of drug-likeness (QED) is 0.568. The molecule has 0 saturated heterocycles. The number of carboxylic acids is 1. The molecule has 0 radical (unpaired) electrons. The second-order valence-electron chi connectivity index (χ2n) is 4.01. The number of nitrogens with one attached hydrogen (secondary N) is 1. The largest absolute Gasteiger partial charge is 0.481 e. The van der Waals surface area contributed by atoms with E-state index in [1.165, 1.54) is 0 Å². The van der Waals surface area contributed by atoms with Crippen LogP contribution in [0.5, 0.6) is 0 Å². The van der Waals surface area contributed by atoms with Crippen LogP contribution in [0.25, 0.3) is 0 Å². The highest BCUT2D eigenvalue weighted by Crippen LogP contribution is 2.29. The van der Waals surface area contributed by atoms with Gasteiger partial charge in [0.05, 0.1) is 12.0 Å². The molecule has 0 aromatic rings. The molecule has 1 saturated carbocycles. The van der Waals surface area contributed by atoms with Gasteiger partial charge in [-0.2, -0.15) is 0 Å². The monoisotopic (exact) mass is 212 g/mol. The van der Waals surface area contributed by atoms with Gasteiger partial charge in [-0.05, 0) is 19.8 Å². The van der Waals surface area contributed by atoms with E-state index in [1.54, 1.807) is 6.92 Å². The third kappa shape index (κ3) is 2.79. The van der Waals surface area contributed by atoms with Crippen LogP contribution in [0.15, 0.2) is 12.2 Å². The number of carboxylic acid groups (broad SMARTS) is 1. The van der Waals surface area contributed by atoms with Gasteiger partial charge in [0.15, 0.2) is 0 Å². The Morgan fingerprint density at radius 2 is 2.20 bits per heavy atom. The lowest BCUT2D eigenvalue weighted by Crippen LogP contribution is -2.46. The summed E-state index contributed by atoms with van der Waals surface area (Å²) in [5.41, 5.74) is 6.25. The average molecular weight is 212 g/mol. The molecule has 1 aliphatic rings. The predicted octanol–water partition coefficient (Wildman–Crippen LogP) is -0.131. The van der Waals surface area contributed by atoms with E-state index in [2.05, 4.69) is 11.9 Å². The van der Waals surface area contributed by atoms with Crippen molar-refractivity contribution in [3.05, 3.63) is 12.2 Å². The summed E-state index contributed by atoms with van der Waals surface area (Å²) in [6.07, 6.45) is 0.953. The molecular formula is C10H16N2O3. The SMILES string of the molecule is C=C1C[C@H](NC(=O)[C@@H](C)N)[C@H](C(=O)O)C1. The van der Waals surface area contributed by atoms with Gasteiger partial charge < -0.3 is 16.2 Å². The molecule has 0 aliphatic heterocycles. The summed E-state index contributed by atoms with van der Waals surface area (Å²) in [4.78, 5) is 22.2. The van der Waals surface area contributed by atoms with Gasteiger partial charge >= 0.3 is 5.97 Å². The number of amides is 1. The minimum atomic E-state index is -0.899. The number of hydrogen-bond donors (Lipinski definition) is 3. The van der Waals surface area contributed by atoms with Crippen molar-refractivity contribution in [2.24, 2.45) is 11.7 Å². The van der Waals surface area contributed by atoms with Gasteiger partial charge in [0.25, 0.3) is 0 Å². The Balaban J connectivity index is 2.64. The fourth-order valence-corrected chi connectivity index (χ4v) is 1.72. The Labute approximate surface area is 88.3 Å². The second-order valence-corrected chi connectivity index (χ2v) is 4.01. The molecule has 3 atom stereocenters. The smallest absolute Gasteiger partial charge is 0.308 e. The van der Waals surface area contributed by atoms with E-state index in [4.69, 9.17) is 10.8 Å². The number of carbonyl (C=O) groups is 2. The van der Waals surface area contributed by atoms with Gasteiger partial charge in [-0.25, -0.2) is 0 Å². The summed E-state index contributed by atoms with van der Waals surface area (Å²) in [5, 5.41) is 11.6. The molecule has 15 heavy (non-hydrogen) atoms. The van der Waals surface area contributed by atoms with Crippen LogP contribution in [-0.2, 0) is 9.59 Å². The molecule has 5 heteroatoms. The van der Waals surface area contributed by atoms with E-state index in [1.807, 2.05) is 0 Å². The molecule has 1 rings (SSSR count). The Morgan fingerprint density at radius 3 is 2.67 bits per heavy atom. The van der Waals surface area contributed by atoms with Crippen LogP contribution in [0.2, 0.25) is 0 Å². The molecule has 0 heterocycles. The van der Waals surface area contributed by atoms with Gasteiger partial charge in [0.2, 0.25) is 5.91 Å². The molecule has 0 bridgehead atoms. The standard InChI is InChI=1S/C10H16N2O3/c1-5-3-7(10(14)15)8(4-5)12-9(13)6(2)11/h6-8H,1,3-4,11H2,2H3,(H,12,13)(H,14,15)/t6-,7-,8+/m1/s1. The molecule has 1 fully saturated rings. The number of nitrogens with two attached hydrogens (primary N) is 1. The van der Waals surface area contributed by atoms with E-state index < -0.39 is 17.9 Å². The fourth-order valence-electron chi connectivity index (χ4n) is 1.72. The van der Waals surface area contributed by atoms with Crippen molar-refractivity contribution < 1.29 is 14.7 Å². The Kier molecular flexibility index (Phi) is 3.47. The molecule has 1 aliphatic carbocycles. The number of hydrogen-bond acceptors (Lipinski definition) is 3. The van der Waals surface area contributed by atoms with E-state index in [0.717, 1.165) is 5.57 Å². The lowest BCUT2D eigenvalue weighted by atomic mass is 10.0. The molecule has 0 aromatic heterocycles. The highest BCUT2D eigenvalue weighted by atomic mass is 16.4. The highest BCUT2D eigenvalue weighted by Gasteiger charge is 2.36. The first-order chi connectivity index (χ1) is 6.91. The first-order valence-electron chi connectivity index (χ1n) is 4.87. The van der Waals surface area contributed by atoms with Crippen LogP contribution in [0, 0.1) is 5.92 Å². The maximum Gasteiger partial charge on any atom is 0.308 e. The fraction of sp³-hybridized carbons (Fsp3) is 0.600. The number of aliphatic carboxylic acids is 1. The van der Waals surface area contributed by atoms with Crippen molar-refractivity contribution in [2.45, 2.75) is 31.8 Å². The Bertz CT molecular complexity index is 299. The van der Waals surface area contributed by atoms with E-state index in [0.29, 0.717) is 12.8 Å². The van der Waals surface area contributed by atoms with Gasteiger partial charge in [-0.3, -0.25) is 9.59 Å². The van der Waals surface area contributed by atoms with Crippen molar-refractivity contribution in [3.8, 4) is 0 Å². The summed E-state index contributed by atoms with van der Waals surface area (Å²) in [5.74, 6) is -1.79. The minimum absolute atomic E-state index is 0.319. The third-order valence-electron chi connectivity index (χ3n) is 2.56. The third-order valence-corrected chi connectivity index (χ3v) is 2.56. The number of carbonyl (C=O) groups excluding carboxylic acids is 1. The summed E-state index contributed by atoms with van der Waals surface area (Å²) < 4.78 is 0. The Morgan fingerprint density at radius 1 is 1.60 bits per heavy atom. The highest BCUT2D eigenvalue weighted by molar-refractivity contribution is 5.82. The van der Waals surface area contributed by atoms with Crippen LogP contribution < -0.4 is 11.1 Å². The van der Waals surface area contributed by atoms with Gasteiger partial charge in [-0.1, -0.05) is 12.2 Å². The van der Waals surface area contributed by atoms with Gasteiger partial charge in [-0.15, -0.1) is 0 Å². The van der Waals surface area contributed by atoms with Gasteiger partial charge in [0.1, 0.15) is 0 Å². The van der Waals surface area contributed by atoms with Crippen LogP contribution in [0.4, 0.5) is 0 Å². The van der Waals surface area contributed by atoms with Crippen LogP contribution in [0.3, 0.4) is 0 Å². The van der Waals surface area contributed by atoms with Crippen molar-refractivity contribution in [2.75, 3.05) is 0 Å². The topological polar surface area (TPSA) is 92.4 Å². The van der Waals surface area contributed by atoms with E-state index >= 15 is 0 Å². The van der Waals surface area contributed by atoms with Crippen LogP contribution in [0.1, 0.15) is 19.8 Å². The molecular weight excluding hydrogens is 196 g/mol. The first-order valence-corrected chi connectivity index (χ1v) is 4.87.